The maximum atomic E-state index is 12.1. The lowest BCUT2D eigenvalue weighted by molar-refractivity contribution is -0.184. The highest BCUT2D eigenvalue weighted by Crippen LogP contribution is 2.26. The Hall–Kier alpha value is -1.21. The van der Waals surface area contributed by atoms with Crippen LogP contribution in [-0.4, -0.2) is 69.8 Å². The van der Waals surface area contributed by atoms with Gasteiger partial charge >= 0.3 is 5.97 Å². The molecule has 0 bridgehead atoms. The monoisotopic (exact) mass is 720 g/mol. The molecule has 0 unspecified atom stereocenters. The Morgan fingerprint density at radius 1 is 0.569 bits per heavy atom. The Labute approximate surface area is 317 Å². The molecule has 1 heterocycles. The van der Waals surface area contributed by atoms with Gasteiger partial charge in [-0.1, -0.05) is 154 Å². The zero-order valence-electron chi connectivity index (χ0n) is 34.4. The summed E-state index contributed by atoms with van der Waals surface area (Å²) in [5.41, 5.74) is 0. The van der Waals surface area contributed by atoms with E-state index in [1.807, 2.05) is 19.0 Å². The predicted molar refractivity (Wildman–Crippen MR) is 217 cm³/mol. The summed E-state index contributed by atoms with van der Waals surface area (Å²) in [6.07, 6.45) is 46.0. The first-order chi connectivity index (χ1) is 25.1. The summed E-state index contributed by atoms with van der Waals surface area (Å²) in [6.45, 7) is 6.52. The molecule has 1 aliphatic rings. The third kappa shape index (κ3) is 32.0. The van der Waals surface area contributed by atoms with Crippen molar-refractivity contribution in [2.75, 3.05) is 40.5 Å². The van der Waals surface area contributed by atoms with E-state index in [1.165, 1.54) is 167 Å². The van der Waals surface area contributed by atoms with Gasteiger partial charge in [0.15, 0.2) is 6.29 Å². The van der Waals surface area contributed by atoms with E-state index >= 15 is 0 Å². The average molecular weight is 720 g/mol. The maximum absolute atomic E-state index is 12.1. The van der Waals surface area contributed by atoms with Crippen LogP contribution in [0.4, 0.5) is 0 Å². The number of nitrogens with zero attached hydrogens (tertiary/aromatic N) is 1. The van der Waals surface area contributed by atoms with Crippen LogP contribution in [0.5, 0.6) is 0 Å². The molecule has 0 radical (unpaired) electrons. The van der Waals surface area contributed by atoms with Crippen molar-refractivity contribution in [1.82, 2.24) is 4.90 Å². The molecule has 3 atom stereocenters. The highest BCUT2D eigenvalue weighted by atomic mass is 16.7. The van der Waals surface area contributed by atoms with Crippen LogP contribution < -0.4 is 0 Å². The topological polar surface area (TPSA) is 57.2 Å². The van der Waals surface area contributed by atoms with Crippen LogP contribution in [0, 0.1) is 0 Å². The van der Waals surface area contributed by atoms with Crippen molar-refractivity contribution in [3.63, 3.8) is 0 Å². The van der Waals surface area contributed by atoms with Gasteiger partial charge in [0.1, 0.15) is 12.7 Å². The van der Waals surface area contributed by atoms with Crippen molar-refractivity contribution in [2.45, 2.75) is 219 Å². The lowest BCUT2D eigenvalue weighted by Crippen LogP contribution is -2.28. The molecule has 0 spiro atoms. The van der Waals surface area contributed by atoms with Gasteiger partial charge in [0.2, 0.25) is 0 Å². The molecular formula is C45H85NO5. The van der Waals surface area contributed by atoms with Crippen LogP contribution in [0.3, 0.4) is 0 Å². The molecule has 0 aliphatic carbocycles. The highest BCUT2D eigenvalue weighted by Gasteiger charge is 2.37. The number of likely N-dealkylation sites (N-methyl/N-ethyl adjacent to an activating group) is 1. The molecule has 300 valence electrons. The second kappa shape index (κ2) is 37.1. The fourth-order valence-electron chi connectivity index (χ4n) is 6.73. The van der Waals surface area contributed by atoms with Gasteiger partial charge in [-0.25, -0.2) is 0 Å². The van der Waals surface area contributed by atoms with E-state index in [1.54, 1.807) is 0 Å². The minimum absolute atomic E-state index is 0.0974. The van der Waals surface area contributed by atoms with Gasteiger partial charge in [-0.15, -0.1) is 0 Å². The minimum Gasteiger partial charge on any atom is -0.462 e. The molecule has 51 heavy (non-hydrogen) atoms. The number of esters is 1. The SMILES string of the molecule is CCCCCCCC/C=C\CCCCCCCCO[C@@H]1O[C@H](COC(=O)CN(C)C)C[C@@H]1OCCCCCCCC/C=C\CCCCCCCC. The summed E-state index contributed by atoms with van der Waals surface area (Å²) in [7, 11) is 3.74. The van der Waals surface area contributed by atoms with Gasteiger partial charge in [0, 0.05) is 19.6 Å². The van der Waals surface area contributed by atoms with Crippen LogP contribution in [0.2, 0.25) is 0 Å². The summed E-state index contributed by atoms with van der Waals surface area (Å²) < 4.78 is 24.2. The van der Waals surface area contributed by atoms with Crippen LogP contribution in [0.15, 0.2) is 24.3 Å². The fourth-order valence-corrected chi connectivity index (χ4v) is 6.73. The number of carbonyl (C=O) groups excluding carboxylic acids is 1. The number of carbonyl (C=O) groups is 1. The quantitative estimate of drug-likeness (QED) is 0.0360. The first-order valence-corrected chi connectivity index (χ1v) is 22.1. The summed E-state index contributed by atoms with van der Waals surface area (Å²) in [5, 5.41) is 0. The Kier molecular flexibility index (Phi) is 34.8. The number of hydrogen-bond acceptors (Lipinski definition) is 6. The van der Waals surface area contributed by atoms with E-state index in [9.17, 15) is 4.79 Å². The number of unbranched alkanes of at least 4 members (excludes halogenated alkanes) is 24. The lowest BCUT2D eigenvalue weighted by Gasteiger charge is -2.19. The van der Waals surface area contributed by atoms with E-state index in [4.69, 9.17) is 18.9 Å². The molecule has 1 aliphatic heterocycles. The van der Waals surface area contributed by atoms with Gasteiger partial charge in [-0.2, -0.15) is 0 Å². The Balaban J connectivity index is 2.15. The molecule has 6 heteroatoms. The molecule has 6 nitrogen and oxygen atoms in total. The smallest absolute Gasteiger partial charge is 0.320 e. The summed E-state index contributed by atoms with van der Waals surface area (Å²) in [6, 6.07) is 0. The van der Waals surface area contributed by atoms with E-state index < -0.39 is 0 Å². The van der Waals surface area contributed by atoms with E-state index in [2.05, 4.69) is 38.2 Å². The molecule has 0 aromatic rings. The normalized spacial score (nSPS) is 17.9. The predicted octanol–water partition coefficient (Wildman–Crippen LogP) is 12.7. The Morgan fingerprint density at radius 3 is 1.39 bits per heavy atom. The standard InChI is InChI=1S/C45H85NO5/c1-5-7-9-11-13-15-17-19-21-23-25-27-29-31-33-35-37-48-43-39-42(41-50-44(47)40-46(3)4)51-45(43)49-38-36-34-32-30-28-26-24-22-20-18-16-14-12-10-8-6-2/h19-22,42-43,45H,5-18,23-41H2,1-4H3/b21-19-,22-20-/t42-,43-,45+/m0/s1. The molecule has 1 saturated heterocycles. The summed E-state index contributed by atoms with van der Waals surface area (Å²) in [5.74, 6) is -0.223. The lowest BCUT2D eigenvalue weighted by atomic mass is 10.1. The third-order valence-electron chi connectivity index (χ3n) is 9.93. The zero-order chi connectivity index (χ0) is 36.9. The van der Waals surface area contributed by atoms with E-state index in [0.29, 0.717) is 13.0 Å². The van der Waals surface area contributed by atoms with E-state index in [0.717, 1.165) is 19.4 Å². The highest BCUT2D eigenvalue weighted by molar-refractivity contribution is 5.71. The molecule has 1 fully saturated rings. The second-order valence-electron chi connectivity index (χ2n) is 15.4. The van der Waals surface area contributed by atoms with Crippen LogP contribution in [0.1, 0.15) is 200 Å². The van der Waals surface area contributed by atoms with Gasteiger partial charge < -0.3 is 18.9 Å². The van der Waals surface area contributed by atoms with Gasteiger partial charge in [0.25, 0.3) is 0 Å². The molecule has 0 aromatic carbocycles. The van der Waals surface area contributed by atoms with Crippen molar-refractivity contribution in [2.24, 2.45) is 0 Å². The first-order valence-electron chi connectivity index (χ1n) is 22.1. The van der Waals surface area contributed by atoms with Crippen LogP contribution >= 0.6 is 0 Å². The largest absolute Gasteiger partial charge is 0.462 e. The van der Waals surface area contributed by atoms with Crippen molar-refractivity contribution >= 4 is 5.97 Å². The van der Waals surface area contributed by atoms with Crippen molar-refractivity contribution in [3.05, 3.63) is 24.3 Å². The minimum atomic E-state index is -0.375. The van der Waals surface area contributed by atoms with Gasteiger partial charge in [-0.05, 0) is 78.3 Å². The van der Waals surface area contributed by atoms with Gasteiger partial charge in [0.05, 0.1) is 12.6 Å². The number of hydrogen-bond donors (Lipinski definition) is 0. The van der Waals surface area contributed by atoms with E-state index in [-0.39, 0.29) is 37.6 Å². The van der Waals surface area contributed by atoms with Crippen molar-refractivity contribution < 1.29 is 23.7 Å². The fraction of sp³-hybridized carbons (Fsp3) is 0.889. The average Bonchev–Trinajstić information content (AvgIpc) is 3.51. The Bertz CT molecular complexity index is 747. The first kappa shape index (κ1) is 47.8. The van der Waals surface area contributed by atoms with Crippen LogP contribution in [0.25, 0.3) is 0 Å². The number of rotatable bonds is 38. The maximum Gasteiger partial charge on any atom is 0.320 e. The van der Waals surface area contributed by atoms with Gasteiger partial charge in [-0.3, -0.25) is 9.69 Å². The number of ether oxygens (including phenoxy) is 4. The molecule has 1 rings (SSSR count). The molecule has 0 saturated carbocycles. The zero-order valence-corrected chi connectivity index (χ0v) is 34.4. The van der Waals surface area contributed by atoms with Crippen molar-refractivity contribution in [3.8, 4) is 0 Å². The molecule has 0 aromatic heterocycles. The Morgan fingerprint density at radius 2 is 0.961 bits per heavy atom. The summed E-state index contributed by atoms with van der Waals surface area (Å²) >= 11 is 0. The second-order valence-corrected chi connectivity index (χ2v) is 15.4. The molecular weight excluding hydrogens is 634 g/mol. The summed E-state index contributed by atoms with van der Waals surface area (Å²) in [4.78, 5) is 13.9. The molecule has 0 amide bonds. The third-order valence-corrected chi connectivity index (χ3v) is 9.93. The number of allylic oxidation sites excluding steroid dienone is 4. The van der Waals surface area contributed by atoms with Crippen LogP contribution in [-0.2, 0) is 23.7 Å². The molecule has 0 N–H and O–H groups in total. The van der Waals surface area contributed by atoms with Crippen molar-refractivity contribution in [1.29, 1.82) is 0 Å².